The van der Waals surface area contributed by atoms with Gasteiger partial charge in [0.25, 0.3) is 10.0 Å². The van der Waals surface area contributed by atoms with Crippen LogP contribution in [0.15, 0.2) is 65.6 Å². The van der Waals surface area contributed by atoms with Gasteiger partial charge in [0.15, 0.2) is 0 Å². The molecular weight excluding hydrogens is 621 g/mol. The van der Waals surface area contributed by atoms with E-state index in [1.807, 2.05) is 13.8 Å². The van der Waals surface area contributed by atoms with Crippen LogP contribution in [0.5, 0.6) is 5.75 Å². The molecule has 0 aliphatic rings. The number of halogens is 3. The van der Waals surface area contributed by atoms with Crippen molar-refractivity contribution >= 4 is 62.3 Å². The molecule has 0 aromatic heterocycles. The van der Waals surface area contributed by atoms with E-state index < -0.39 is 28.5 Å². The monoisotopic (exact) mass is 653 g/mol. The SMILES string of the molecule is CCCNC(=O)[C@@H](CC)N(Cc1c(Cl)cccc1Cl)C(=O)CN(c1ccc(OC)c(Cl)c1)S(=O)(=O)c1ccc(C)cc1. The van der Waals surface area contributed by atoms with Gasteiger partial charge in [-0.15, -0.1) is 0 Å². The van der Waals surface area contributed by atoms with E-state index in [0.29, 0.717) is 34.3 Å². The number of hydrogen-bond donors (Lipinski definition) is 1. The molecule has 0 unspecified atom stereocenters. The Morgan fingerprint density at radius 1 is 0.952 bits per heavy atom. The number of anilines is 1. The molecule has 226 valence electrons. The number of hydrogen-bond acceptors (Lipinski definition) is 5. The van der Waals surface area contributed by atoms with Gasteiger partial charge in [0, 0.05) is 28.7 Å². The molecule has 3 aromatic rings. The van der Waals surface area contributed by atoms with Crippen LogP contribution < -0.4 is 14.4 Å². The number of methoxy groups -OCH3 is 1. The average Bonchev–Trinajstić information content (AvgIpc) is 2.96. The second-order valence-corrected chi connectivity index (χ2v) is 12.7. The largest absolute Gasteiger partial charge is 0.495 e. The van der Waals surface area contributed by atoms with E-state index in [2.05, 4.69) is 5.32 Å². The first kappa shape index (κ1) is 33.5. The van der Waals surface area contributed by atoms with E-state index in [9.17, 15) is 18.0 Å². The van der Waals surface area contributed by atoms with E-state index in [0.717, 1.165) is 9.87 Å². The highest BCUT2D eigenvalue weighted by molar-refractivity contribution is 7.92. The van der Waals surface area contributed by atoms with E-state index in [1.165, 1.54) is 42.3 Å². The van der Waals surface area contributed by atoms with Crippen molar-refractivity contribution < 1.29 is 22.7 Å². The number of nitrogens with zero attached hydrogens (tertiary/aromatic N) is 2. The van der Waals surface area contributed by atoms with Crippen LogP contribution in [-0.2, 0) is 26.2 Å². The smallest absolute Gasteiger partial charge is 0.264 e. The molecule has 1 N–H and O–H groups in total. The number of carbonyl (C=O) groups is 2. The minimum absolute atomic E-state index is 0.0127. The van der Waals surface area contributed by atoms with Crippen molar-refractivity contribution in [1.82, 2.24) is 10.2 Å². The summed E-state index contributed by atoms with van der Waals surface area (Å²) in [7, 11) is -2.82. The summed E-state index contributed by atoms with van der Waals surface area (Å²) in [6.45, 7) is 5.21. The zero-order chi connectivity index (χ0) is 31.0. The Hall–Kier alpha value is -2.98. The second-order valence-electron chi connectivity index (χ2n) is 9.58. The first-order chi connectivity index (χ1) is 19.9. The summed E-state index contributed by atoms with van der Waals surface area (Å²) in [5, 5.41) is 3.63. The summed E-state index contributed by atoms with van der Waals surface area (Å²) in [6, 6.07) is 14.8. The molecule has 12 heteroatoms. The standard InChI is InChI=1S/C30H34Cl3N3O5S/c1-5-16-34-30(38)27(6-2)35(18-23-24(31)8-7-9-25(23)32)29(37)19-36(21-12-15-28(41-4)26(33)17-21)42(39,40)22-13-10-20(3)11-14-22/h7-15,17,27H,5-6,16,18-19H2,1-4H3,(H,34,38)/t27-/m1/s1. The predicted octanol–water partition coefficient (Wildman–Crippen LogP) is 6.49. The van der Waals surface area contributed by atoms with Crippen LogP contribution in [0, 0.1) is 6.92 Å². The molecule has 3 rings (SSSR count). The summed E-state index contributed by atoms with van der Waals surface area (Å²) in [4.78, 5) is 28.7. The van der Waals surface area contributed by atoms with Gasteiger partial charge in [-0.05, 0) is 62.2 Å². The number of carbonyl (C=O) groups excluding carboxylic acids is 2. The molecule has 2 amide bonds. The molecule has 0 radical (unpaired) electrons. The van der Waals surface area contributed by atoms with E-state index in [1.54, 1.807) is 37.3 Å². The third-order valence-electron chi connectivity index (χ3n) is 6.64. The number of benzene rings is 3. The number of sulfonamides is 1. The summed E-state index contributed by atoms with van der Waals surface area (Å²) >= 11 is 19.3. The van der Waals surface area contributed by atoms with Gasteiger partial charge < -0.3 is 15.0 Å². The Kier molecular flexibility index (Phi) is 11.9. The van der Waals surface area contributed by atoms with Gasteiger partial charge in [-0.3, -0.25) is 13.9 Å². The number of aryl methyl sites for hydroxylation is 1. The van der Waals surface area contributed by atoms with Crippen molar-refractivity contribution in [3.8, 4) is 5.75 Å². The summed E-state index contributed by atoms with van der Waals surface area (Å²) in [6.07, 6.45) is 0.968. The van der Waals surface area contributed by atoms with Crippen LogP contribution in [0.25, 0.3) is 0 Å². The maximum Gasteiger partial charge on any atom is 0.264 e. The van der Waals surface area contributed by atoms with Crippen molar-refractivity contribution in [1.29, 1.82) is 0 Å². The summed E-state index contributed by atoms with van der Waals surface area (Å²) in [5.41, 5.74) is 1.46. The van der Waals surface area contributed by atoms with Crippen molar-refractivity contribution in [2.75, 3.05) is 24.5 Å². The summed E-state index contributed by atoms with van der Waals surface area (Å²) < 4.78 is 34.2. The lowest BCUT2D eigenvalue weighted by Gasteiger charge is -2.33. The van der Waals surface area contributed by atoms with Crippen molar-refractivity contribution in [3.05, 3.63) is 86.9 Å². The highest BCUT2D eigenvalue weighted by atomic mass is 35.5. The molecular formula is C30H34Cl3N3O5S. The Morgan fingerprint density at radius 2 is 1.60 bits per heavy atom. The molecule has 0 aliphatic heterocycles. The molecule has 0 aliphatic carbocycles. The van der Waals surface area contributed by atoms with E-state index in [-0.39, 0.29) is 34.5 Å². The lowest BCUT2D eigenvalue weighted by molar-refractivity contribution is -0.140. The van der Waals surface area contributed by atoms with Crippen LogP contribution in [0.1, 0.15) is 37.8 Å². The fraction of sp³-hybridized carbons (Fsp3) is 0.333. The maximum absolute atomic E-state index is 14.2. The van der Waals surface area contributed by atoms with Crippen molar-refractivity contribution in [2.45, 2.75) is 51.1 Å². The zero-order valence-electron chi connectivity index (χ0n) is 23.9. The number of amides is 2. The van der Waals surface area contributed by atoms with Gasteiger partial charge in [-0.2, -0.15) is 0 Å². The Labute approximate surface area is 262 Å². The van der Waals surface area contributed by atoms with Crippen LogP contribution in [0.4, 0.5) is 5.69 Å². The fourth-order valence-electron chi connectivity index (χ4n) is 4.32. The zero-order valence-corrected chi connectivity index (χ0v) is 26.9. The molecule has 42 heavy (non-hydrogen) atoms. The molecule has 3 aromatic carbocycles. The first-order valence-corrected chi connectivity index (χ1v) is 15.9. The Bertz CT molecular complexity index is 1500. The summed E-state index contributed by atoms with van der Waals surface area (Å²) in [5.74, 6) is -0.656. The minimum Gasteiger partial charge on any atom is -0.495 e. The maximum atomic E-state index is 14.2. The number of rotatable bonds is 13. The van der Waals surface area contributed by atoms with Gasteiger partial charge in [0.2, 0.25) is 11.8 Å². The van der Waals surface area contributed by atoms with Crippen LogP contribution in [0.3, 0.4) is 0 Å². The Morgan fingerprint density at radius 3 is 2.14 bits per heavy atom. The third kappa shape index (κ3) is 7.89. The van der Waals surface area contributed by atoms with E-state index in [4.69, 9.17) is 39.5 Å². The highest BCUT2D eigenvalue weighted by Crippen LogP contribution is 2.33. The van der Waals surface area contributed by atoms with Crippen molar-refractivity contribution in [2.24, 2.45) is 0 Å². The van der Waals surface area contributed by atoms with Gasteiger partial charge in [0.1, 0.15) is 18.3 Å². The molecule has 0 heterocycles. The van der Waals surface area contributed by atoms with Crippen LogP contribution in [-0.4, -0.2) is 51.4 Å². The third-order valence-corrected chi connectivity index (χ3v) is 9.43. The molecule has 0 spiro atoms. The van der Waals surface area contributed by atoms with Crippen LogP contribution in [0.2, 0.25) is 15.1 Å². The number of nitrogens with one attached hydrogen (secondary N) is 1. The number of ether oxygens (including phenoxy) is 1. The lowest BCUT2D eigenvalue weighted by atomic mass is 10.1. The minimum atomic E-state index is -4.26. The quantitative estimate of drug-likeness (QED) is 0.227. The lowest BCUT2D eigenvalue weighted by Crippen LogP contribution is -2.52. The fourth-order valence-corrected chi connectivity index (χ4v) is 6.49. The molecule has 0 saturated heterocycles. The average molecular weight is 655 g/mol. The van der Waals surface area contributed by atoms with Crippen LogP contribution >= 0.6 is 34.8 Å². The molecule has 0 fully saturated rings. The van der Waals surface area contributed by atoms with Gasteiger partial charge in [-0.25, -0.2) is 8.42 Å². The highest BCUT2D eigenvalue weighted by Gasteiger charge is 2.34. The van der Waals surface area contributed by atoms with Gasteiger partial charge >= 0.3 is 0 Å². The molecule has 0 bridgehead atoms. The Balaban J connectivity index is 2.13. The molecule has 0 saturated carbocycles. The normalized spacial score (nSPS) is 12.0. The van der Waals surface area contributed by atoms with E-state index >= 15 is 0 Å². The molecule has 1 atom stereocenters. The topological polar surface area (TPSA) is 96.0 Å². The first-order valence-electron chi connectivity index (χ1n) is 13.4. The van der Waals surface area contributed by atoms with Gasteiger partial charge in [0.05, 0.1) is 22.7 Å². The second kappa shape index (κ2) is 15.0. The molecule has 8 nitrogen and oxygen atoms in total. The predicted molar refractivity (Wildman–Crippen MR) is 168 cm³/mol. The van der Waals surface area contributed by atoms with Gasteiger partial charge in [-0.1, -0.05) is 72.4 Å². The van der Waals surface area contributed by atoms with Crippen molar-refractivity contribution in [3.63, 3.8) is 0 Å².